The summed E-state index contributed by atoms with van der Waals surface area (Å²) < 4.78 is 37.9. The van der Waals surface area contributed by atoms with Gasteiger partial charge in [0, 0.05) is 5.56 Å². The molecule has 6 rings (SSSR count). The minimum Gasteiger partial charge on any atom is -0.272 e. The number of amides is 3. The maximum absolute atomic E-state index is 12.8. The zero-order valence-corrected chi connectivity index (χ0v) is 13.9. The first-order valence-electron chi connectivity index (χ1n) is 8.82. The molecule has 140 valence electrons. The molecule has 2 bridgehead atoms. The second-order valence-electron chi connectivity index (χ2n) is 7.68. The van der Waals surface area contributed by atoms with Crippen LogP contribution >= 0.6 is 0 Å². The number of alkyl halides is 3. The molecule has 1 aromatic carbocycles. The van der Waals surface area contributed by atoms with E-state index in [2.05, 4.69) is 5.43 Å². The van der Waals surface area contributed by atoms with Crippen molar-refractivity contribution < 1.29 is 27.6 Å². The van der Waals surface area contributed by atoms with Gasteiger partial charge < -0.3 is 0 Å². The second-order valence-corrected chi connectivity index (χ2v) is 7.68. The van der Waals surface area contributed by atoms with Gasteiger partial charge in [0.25, 0.3) is 17.7 Å². The number of rotatable bonds is 2. The smallest absolute Gasteiger partial charge is 0.272 e. The van der Waals surface area contributed by atoms with E-state index in [9.17, 15) is 27.6 Å². The zero-order valence-electron chi connectivity index (χ0n) is 13.9. The number of imide groups is 1. The first kappa shape index (κ1) is 16.5. The van der Waals surface area contributed by atoms with Gasteiger partial charge in [0.05, 0.1) is 17.4 Å². The van der Waals surface area contributed by atoms with Gasteiger partial charge in [-0.3, -0.25) is 19.8 Å². The Balaban J connectivity index is 1.35. The molecule has 0 radical (unpaired) electrons. The number of allylic oxidation sites excluding steroid dienone is 2. The molecule has 0 spiro atoms. The van der Waals surface area contributed by atoms with Crippen molar-refractivity contribution in [1.29, 1.82) is 0 Å². The number of hydrogen-bond acceptors (Lipinski definition) is 3. The quantitative estimate of drug-likeness (QED) is 0.637. The van der Waals surface area contributed by atoms with Gasteiger partial charge in [-0.05, 0) is 54.4 Å². The predicted molar refractivity (Wildman–Crippen MR) is 85.5 cm³/mol. The van der Waals surface area contributed by atoms with Crippen molar-refractivity contribution in [3.05, 3.63) is 47.5 Å². The Kier molecular flexibility index (Phi) is 3.19. The number of benzene rings is 1. The van der Waals surface area contributed by atoms with Crippen LogP contribution < -0.4 is 5.43 Å². The highest BCUT2D eigenvalue weighted by Gasteiger charge is 2.67. The Hall–Kier alpha value is -2.64. The molecule has 1 unspecified atom stereocenters. The molecule has 5 aliphatic rings. The summed E-state index contributed by atoms with van der Waals surface area (Å²) >= 11 is 0. The fourth-order valence-corrected chi connectivity index (χ4v) is 5.04. The maximum Gasteiger partial charge on any atom is 0.416 e. The van der Waals surface area contributed by atoms with Crippen LogP contribution in [-0.4, -0.2) is 22.7 Å². The highest BCUT2D eigenvalue weighted by Crippen LogP contribution is 2.65. The molecule has 5 nitrogen and oxygen atoms in total. The molecule has 8 heteroatoms. The molecule has 1 aliphatic heterocycles. The van der Waals surface area contributed by atoms with E-state index in [0.29, 0.717) is 11.8 Å². The van der Waals surface area contributed by atoms with E-state index in [1.807, 2.05) is 12.2 Å². The summed E-state index contributed by atoms with van der Waals surface area (Å²) in [6.07, 6.45) is 0.575. The Morgan fingerprint density at radius 1 is 0.963 bits per heavy atom. The molecule has 0 aromatic heterocycles. The number of halogens is 3. The Labute approximate surface area is 152 Å². The maximum atomic E-state index is 12.8. The van der Waals surface area contributed by atoms with Crippen molar-refractivity contribution in [2.75, 3.05) is 0 Å². The molecular formula is C19H15F3N2O3. The molecule has 1 heterocycles. The summed E-state index contributed by atoms with van der Waals surface area (Å²) in [6, 6.07) is 3.63. The van der Waals surface area contributed by atoms with E-state index in [1.165, 1.54) is 0 Å². The van der Waals surface area contributed by atoms with Crippen LogP contribution in [0.4, 0.5) is 13.2 Å². The summed E-state index contributed by atoms with van der Waals surface area (Å²) in [7, 11) is 0. The zero-order chi connectivity index (χ0) is 19.1. The van der Waals surface area contributed by atoms with Gasteiger partial charge in [0.2, 0.25) is 0 Å². The van der Waals surface area contributed by atoms with Crippen LogP contribution in [0.3, 0.4) is 0 Å². The average Bonchev–Trinajstić information content (AvgIpc) is 3.42. The van der Waals surface area contributed by atoms with Crippen LogP contribution in [0.15, 0.2) is 36.4 Å². The third kappa shape index (κ3) is 2.28. The first-order valence-corrected chi connectivity index (χ1v) is 8.82. The lowest BCUT2D eigenvalue weighted by Gasteiger charge is -2.37. The molecule has 27 heavy (non-hydrogen) atoms. The highest BCUT2D eigenvalue weighted by molar-refractivity contribution is 6.08. The lowest BCUT2D eigenvalue weighted by atomic mass is 9.63. The molecular weight excluding hydrogens is 361 g/mol. The van der Waals surface area contributed by atoms with Gasteiger partial charge in [-0.1, -0.05) is 12.2 Å². The van der Waals surface area contributed by atoms with Crippen molar-refractivity contribution in [2.45, 2.75) is 12.6 Å². The van der Waals surface area contributed by atoms with Gasteiger partial charge in [-0.15, -0.1) is 0 Å². The normalized spacial score (nSPS) is 35.9. The Morgan fingerprint density at radius 2 is 1.48 bits per heavy atom. The summed E-state index contributed by atoms with van der Waals surface area (Å²) in [5.74, 6) is -1.54. The highest BCUT2D eigenvalue weighted by atomic mass is 19.4. The number of hydrogen-bond donors (Lipinski definition) is 1. The van der Waals surface area contributed by atoms with Crippen LogP contribution in [-0.2, 0) is 15.8 Å². The third-order valence-electron chi connectivity index (χ3n) is 6.35. The van der Waals surface area contributed by atoms with Crippen LogP contribution in [0.1, 0.15) is 22.3 Å². The summed E-state index contributed by atoms with van der Waals surface area (Å²) in [4.78, 5) is 37.9. The summed E-state index contributed by atoms with van der Waals surface area (Å²) in [6.45, 7) is 0. The SMILES string of the molecule is O=C(NN1C(=O)[C@@H]2[C@@H]3C=CC([C@H]4C[C@@H]34)[C@@H]2C1=O)c1ccc(C(F)(F)F)cc1. The van der Waals surface area contributed by atoms with Crippen molar-refractivity contribution in [1.82, 2.24) is 10.4 Å². The van der Waals surface area contributed by atoms with Crippen molar-refractivity contribution in [2.24, 2.45) is 35.5 Å². The van der Waals surface area contributed by atoms with Crippen molar-refractivity contribution in [3.63, 3.8) is 0 Å². The topological polar surface area (TPSA) is 66.5 Å². The molecule has 3 amide bonds. The van der Waals surface area contributed by atoms with Crippen LogP contribution in [0.5, 0.6) is 0 Å². The lowest BCUT2D eigenvalue weighted by molar-refractivity contribution is -0.143. The van der Waals surface area contributed by atoms with E-state index in [4.69, 9.17) is 0 Å². The lowest BCUT2D eigenvalue weighted by Crippen LogP contribution is -2.46. The molecule has 1 N–H and O–H groups in total. The van der Waals surface area contributed by atoms with Gasteiger partial charge in [0.15, 0.2) is 0 Å². The van der Waals surface area contributed by atoms with Crippen LogP contribution in [0.2, 0.25) is 0 Å². The largest absolute Gasteiger partial charge is 0.416 e. The van der Waals surface area contributed by atoms with Gasteiger partial charge in [0.1, 0.15) is 0 Å². The number of nitrogens with zero attached hydrogens (tertiary/aromatic N) is 1. The number of carbonyl (C=O) groups excluding carboxylic acids is 3. The van der Waals surface area contributed by atoms with Crippen molar-refractivity contribution in [3.8, 4) is 0 Å². The molecule has 3 fully saturated rings. The van der Waals surface area contributed by atoms with Gasteiger partial charge >= 0.3 is 6.18 Å². The average molecular weight is 376 g/mol. The monoisotopic (exact) mass is 376 g/mol. The van der Waals surface area contributed by atoms with E-state index in [0.717, 1.165) is 35.7 Å². The summed E-state index contributed by atoms with van der Waals surface area (Å²) in [5.41, 5.74) is 1.37. The molecule has 2 saturated carbocycles. The first-order chi connectivity index (χ1) is 12.8. The minimum absolute atomic E-state index is 0.0365. The molecule has 1 saturated heterocycles. The number of nitrogens with one attached hydrogen (secondary N) is 1. The van der Waals surface area contributed by atoms with E-state index in [1.54, 1.807) is 0 Å². The third-order valence-corrected chi connectivity index (χ3v) is 6.35. The standard InChI is InChI=1S/C19H15F3N2O3/c20-19(21,22)9-3-1-8(2-4-9)16(25)23-24-17(26)14-10-5-6-11(13-7-12(10)13)15(14)18(24)27/h1-6,10-15H,7H2,(H,23,25)/t10-,11?,12+,13-,14-,15+/m1/s1. The molecule has 4 aliphatic carbocycles. The van der Waals surface area contributed by atoms with E-state index < -0.39 is 41.3 Å². The van der Waals surface area contributed by atoms with Crippen LogP contribution in [0.25, 0.3) is 0 Å². The minimum atomic E-state index is -4.50. The predicted octanol–water partition coefficient (Wildman–Crippen LogP) is 2.40. The Bertz CT molecular complexity index is 856. The van der Waals surface area contributed by atoms with E-state index in [-0.39, 0.29) is 17.4 Å². The number of carbonyl (C=O) groups is 3. The van der Waals surface area contributed by atoms with E-state index >= 15 is 0 Å². The van der Waals surface area contributed by atoms with Gasteiger partial charge in [-0.25, -0.2) is 0 Å². The Morgan fingerprint density at radius 3 is 1.96 bits per heavy atom. The molecule has 6 atom stereocenters. The molecule has 1 aromatic rings. The fourth-order valence-electron chi connectivity index (χ4n) is 5.04. The van der Waals surface area contributed by atoms with Gasteiger partial charge in [-0.2, -0.15) is 18.2 Å². The van der Waals surface area contributed by atoms with Crippen molar-refractivity contribution >= 4 is 17.7 Å². The second kappa shape index (κ2) is 5.21. The summed E-state index contributed by atoms with van der Waals surface area (Å²) in [5, 5.41) is 0.771. The fraction of sp³-hybridized carbons (Fsp3) is 0.421. The van der Waals surface area contributed by atoms with Crippen LogP contribution in [0, 0.1) is 35.5 Å². The number of hydrazine groups is 1.